The zero-order valence-corrected chi connectivity index (χ0v) is 22.6. The van der Waals surface area contributed by atoms with Crippen molar-refractivity contribution >= 4 is 26.9 Å². The SMILES string of the molecule is Cc1cc(-c2ccc3nc(NS(C)(=O)=O)nc(C(CO)(CC4CCC4)c4ccccc4)c3c2)cn(C)c1=O. The van der Waals surface area contributed by atoms with Gasteiger partial charge in [-0.1, -0.05) is 55.7 Å². The largest absolute Gasteiger partial charge is 0.395 e. The summed E-state index contributed by atoms with van der Waals surface area (Å²) in [7, 11) is -1.91. The van der Waals surface area contributed by atoms with Crippen molar-refractivity contribution in [2.75, 3.05) is 17.6 Å². The maximum absolute atomic E-state index is 12.3. The Labute approximate surface area is 222 Å². The lowest BCUT2D eigenvalue weighted by Crippen LogP contribution is -2.37. The lowest BCUT2D eigenvalue weighted by Gasteiger charge is -2.39. The number of hydrogen-bond acceptors (Lipinski definition) is 6. The number of sulfonamides is 1. The molecule has 198 valence electrons. The number of hydrogen-bond donors (Lipinski definition) is 2. The Morgan fingerprint density at radius 1 is 1.08 bits per heavy atom. The molecule has 1 atom stereocenters. The summed E-state index contributed by atoms with van der Waals surface area (Å²) >= 11 is 0. The van der Waals surface area contributed by atoms with E-state index < -0.39 is 15.4 Å². The zero-order valence-electron chi connectivity index (χ0n) is 21.8. The van der Waals surface area contributed by atoms with Crippen LogP contribution in [0.25, 0.3) is 22.0 Å². The number of aromatic nitrogens is 3. The van der Waals surface area contributed by atoms with Crippen molar-refractivity contribution in [2.24, 2.45) is 13.0 Å². The van der Waals surface area contributed by atoms with E-state index in [1.807, 2.05) is 54.6 Å². The second-order valence-corrected chi connectivity index (χ2v) is 12.2. The molecule has 1 fully saturated rings. The van der Waals surface area contributed by atoms with Gasteiger partial charge in [-0.05, 0) is 54.2 Å². The van der Waals surface area contributed by atoms with E-state index in [0.29, 0.717) is 29.1 Å². The molecule has 0 spiro atoms. The van der Waals surface area contributed by atoms with E-state index in [2.05, 4.69) is 9.71 Å². The number of benzene rings is 2. The molecule has 8 nitrogen and oxygen atoms in total. The van der Waals surface area contributed by atoms with Gasteiger partial charge in [0, 0.05) is 24.2 Å². The predicted molar refractivity (Wildman–Crippen MR) is 150 cm³/mol. The Kier molecular flexibility index (Phi) is 6.83. The minimum absolute atomic E-state index is 0.0249. The lowest BCUT2D eigenvalue weighted by molar-refractivity contribution is 0.162. The van der Waals surface area contributed by atoms with Crippen molar-refractivity contribution in [3.63, 3.8) is 0 Å². The molecule has 1 unspecified atom stereocenters. The Hall–Kier alpha value is -3.56. The van der Waals surface area contributed by atoms with Gasteiger partial charge in [0.25, 0.3) is 5.56 Å². The second kappa shape index (κ2) is 9.96. The average Bonchev–Trinajstić information content (AvgIpc) is 2.86. The summed E-state index contributed by atoms with van der Waals surface area (Å²) in [6, 6.07) is 17.4. The van der Waals surface area contributed by atoms with Crippen LogP contribution in [0.15, 0.2) is 65.6 Å². The Bertz CT molecular complexity index is 1640. The van der Waals surface area contributed by atoms with Gasteiger partial charge in [-0.15, -0.1) is 0 Å². The van der Waals surface area contributed by atoms with Crippen molar-refractivity contribution in [1.29, 1.82) is 0 Å². The molecule has 9 heteroatoms. The summed E-state index contributed by atoms with van der Waals surface area (Å²) in [5, 5.41) is 11.8. The Morgan fingerprint density at radius 2 is 1.82 bits per heavy atom. The molecule has 0 aliphatic heterocycles. The molecule has 5 rings (SSSR count). The first-order valence-corrected chi connectivity index (χ1v) is 14.6. The highest BCUT2D eigenvalue weighted by molar-refractivity contribution is 7.91. The van der Waals surface area contributed by atoms with E-state index in [0.717, 1.165) is 47.6 Å². The van der Waals surface area contributed by atoms with Crippen LogP contribution in [0.3, 0.4) is 0 Å². The minimum Gasteiger partial charge on any atom is -0.395 e. The van der Waals surface area contributed by atoms with Gasteiger partial charge in [0.1, 0.15) is 0 Å². The number of nitrogens with zero attached hydrogens (tertiary/aromatic N) is 3. The number of fused-ring (bicyclic) bond motifs is 1. The maximum Gasteiger partial charge on any atom is 0.253 e. The summed E-state index contributed by atoms with van der Waals surface area (Å²) in [5.74, 6) is 0.399. The number of rotatable bonds is 8. The van der Waals surface area contributed by atoms with Crippen LogP contribution in [0, 0.1) is 12.8 Å². The van der Waals surface area contributed by atoms with Crippen molar-refractivity contribution in [3.05, 3.63) is 88.0 Å². The molecule has 0 saturated heterocycles. The third kappa shape index (κ3) is 4.96. The van der Waals surface area contributed by atoms with Crippen molar-refractivity contribution in [1.82, 2.24) is 14.5 Å². The van der Waals surface area contributed by atoms with Crippen molar-refractivity contribution in [3.8, 4) is 11.1 Å². The normalized spacial score (nSPS) is 15.7. The van der Waals surface area contributed by atoms with E-state index in [1.165, 1.54) is 0 Å². The third-order valence-corrected chi connectivity index (χ3v) is 8.13. The van der Waals surface area contributed by atoms with Crippen LogP contribution in [0.2, 0.25) is 0 Å². The number of anilines is 1. The summed E-state index contributed by atoms with van der Waals surface area (Å²) in [5.41, 5.74) is 3.51. The molecule has 2 N–H and O–H groups in total. The van der Waals surface area contributed by atoms with Crippen LogP contribution in [0.5, 0.6) is 0 Å². The molecule has 0 amide bonds. The Morgan fingerprint density at radius 3 is 2.42 bits per heavy atom. The standard InChI is InChI=1S/C29H32N4O4S/c1-19-14-22(17-33(2)27(19)35)21-12-13-25-24(15-21)26(31-28(30-25)32-38(3,36)37)29(18-34,16-20-8-7-9-20)23-10-5-4-6-11-23/h4-6,10-15,17,20,34H,7-9,16,18H2,1-3H3,(H,30,31,32). The molecule has 2 aromatic carbocycles. The molecular formula is C29H32N4O4S. The second-order valence-electron chi connectivity index (χ2n) is 10.4. The number of aryl methyl sites for hydroxylation is 2. The maximum atomic E-state index is 12.3. The molecular weight excluding hydrogens is 500 g/mol. The van der Waals surface area contributed by atoms with Crippen molar-refractivity contribution < 1.29 is 13.5 Å². The summed E-state index contributed by atoms with van der Waals surface area (Å²) in [4.78, 5) is 21.6. The topological polar surface area (TPSA) is 114 Å². The molecule has 2 aromatic heterocycles. The number of nitrogens with one attached hydrogen (secondary N) is 1. The van der Waals surface area contributed by atoms with Gasteiger partial charge in [0.2, 0.25) is 16.0 Å². The fraction of sp³-hybridized carbons (Fsp3) is 0.345. The number of pyridine rings is 1. The van der Waals surface area contributed by atoms with Crippen molar-refractivity contribution in [2.45, 2.75) is 38.0 Å². The molecule has 4 aromatic rings. The van der Waals surface area contributed by atoms with Gasteiger partial charge in [-0.3, -0.25) is 9.52 Å². The molecule has 38 heavy (non-hydrogen) atoms. The zero-order chi connectivity index (χ0) is 27.1. The molecule has 0 bridgehead atoms. The van der Waals surface area contributed by atoms with Gasteiger partial charge in [-0.2, -0.15) is 0 Å². The van der Waals surface area contributed by atoms with E-state index in [1.54, 1.807) is 24.7 Å². The first kappa shape index (κ1) is 26.1. The molecule has 1 saturated carbocycles. The average molecular weight is 533 g/mol. The first-order chi connectivity index (χ1) is 18.1. The van der Waals surface area contributed by atoms with E-state index in [4.69, 9.17) is 4.98 Å². The lowest BCUT2D eigenvalue weighted by atomic mass is 9.66. The molecule has 2 heterocycles. The monoisotopic (exact) mass is 532 g/mol. The predicted octanol–water partition coefficient (Wildman–Crippen LogP) is 4.14. The highest BCUT2D eigenvalue weighted by atomic mass is 32.2. The Balaban J connectivity index is 1.81. The van der Waals surface area contributed by atoms with Crippen LogP contribution >= 0.6 is 0 Å². The minimum atomic E-state index is -3.63. The third-order valence-electron chi connectivity index (χ3n) is 7.58. The summed E-state index contributed by atoms with van der Waals surface area (Å²) in [6.45, 7) is 1.59. The van der Waals surface area contributed by atoms with Crippen LogP contribution in [-0.4, -0.2) is 40.9 Å². The van der Waals surface area contributed by atoms with Gasteiger partial charge in [-0.25, -0.2) is 18.4 Å². The van der Waals surface area contributed by atoms with E-state index in [-0.39, 0.29) is 18.1 Å². The number of aliphatic hydroxyl groups excluding tert-OH is 1. The van der Waals surface area contributed by atoms with Gasteiger partial charge < -0.3 is 9.67 Å². The van der Waals surface area contributed by atoms with E-state index in [9.17, 15) is 18.3 Å². The van der Waals surface area contributed by atoms with E-state index >= 15 is 0 Å². The highest BCUT2D eigenvalue weighted by Gasteiger charge is 2.41. The fourth-order valence-electron chi connectivity index (χ4n) is 5.45. The number of aliphatic hydroxyl groups is 1. The van der Waals surface area contributed by atoms with Crippen LogP contribution < -0.4 is 10.3 Å². The molecule has 0 radical (unpaired) electrons. The van der Waals surface area contributed by atoms with Crippen LogP contribution in [-0.2, 0) is 22.5 Å². The quantitative estimate of drug-likeness (QED) is 0.353. The van der Waals surface area contributed by atoms with Crippen LogP contribution in [0.4, 0.5) is 5.95 Å². The summed E-state index contributed by atoms with van der Waals surface area (Å²) < 4.78 is 28.3. The molecule has 1 aliphatic carbocycles. The first-order valence-electron chi connectivity index (χ1n) is 12.7. The van der Waals surface area contributed by atoms with Gasteiger partial charge in [0.15, 0.2) is 0 Å². The van der Waals surface area contributed by atoms with Gasteiger partial charge >= 0.3 is 0 Å². The molecule has 1 aliphatic rings. The van der Waals surface area contributed by atoms with Gasteiger partial charge in [0.05, 0.1) is 29.5 Å². The van der Waals surface area contributed by atoms with Crippen LogP contribution in [0.1, 0.15) is 42.5 Å². The smallest absolute Gasteiger partial charge is 0.253 e. The fourth-order valence-corrected chi connectivity index (χ4v) is 5.87. The highest BCUT2D eigenvalue weighted by Crippen LogP contribution is 2.45. The summed E-state index contributed by atoms with van der Waals surface area (Å²) in [6.07, 6.45) is 6.85.